The van der Waals surface area contributed by atoms with Crippen molar-refractivity contribution in [1.29, 1.82) is 0 Å². The minimum Gasteiger partial charge on any atom is -0.772 e. The van der Waals surface area contributed by atoms with Gasteiger partial charge >= 0.3 is 0 Å². The average Bonchev–Trinajstić information content (AvgIpc) is 2.57. The van der Waals surface area contributed by atoms with Gasteiger partial charge in [0.05, 0.1) is 0 Å². The molecule has 0 aliphatic carbocycles. The van der Waals surface area contributed by atoms with Crippen LogP contribution in [0.15, 0.2) is 22.7 Å². The smallest absolute Gasteiger partial charge is 0.246 e. The summed E-state index contributed by atoms with van der Waals surface area (Å²) < 4.78 is 25.8. The van der Waals surface area contributed by atoms with Gasteiger partial charge in [0, 0.05) is 18.4 Å². The summed E-state index contributed by atoms with van der Waals surface area (Å²) in [5.74, 6) is 0.426. The zero-order valence-electron chi connectivity index (χ0n) is 7.17. The fourth-order valence-corrected chi connectivity index (χ4v) is 1.43. The fraction of sp³-hybridized carbons (Fsp3) is 0.250. The Labute approximate surface area is 82.5 Å². The number of fused-ring (bicyclic) bond motifs is 1. The van der Waals surface area contributed by atoms with Crippen molar-refractivity contribution in [3.63, 3.8) is 0 Å². The summed E-state index contributed by atoms with van der Waals surface area (Å²) in [6.45, 7) is 0. The van der Waals surface area contributed by atoms with Crippen molar-refractivity contribution in [2.24, 2.45) is 0 Å². The molecule has 5 nitrogen and oxygen atoms in total. The monoisotopic (exact) mass is 211 g/mol. The number of hydrogen-bond donors (Lipinski definition) is 0. The van der Waals surface area contributed by atoms with Crippen LogP contribution in [0.1, 0.15) is 5.89 Å². The molecule has 1 atom stereocenters. The van der Waals surface area contributed by atoms with Gasteiger partial charge in [0.2, 0.25) is 5.71 Å². The van der Waals surface area contributed by atoms with E-state index < -0.39 is 11.1 Å². The minimum atomic E-state index is -2.06. The molecule has 0 amide bonds. The number of rotatable bonds is 3. The summed E-state index contributed by atoms with van der Waals surface area (Å²) in [7, 11) is 0. The standard InChI is InChI=1S/C8H8N2O3S/c11-14(12)5-3-7-10-6-2-1-4-9-8(6)13-7/h1-2,4H,3,5H2,(H,11,12)/p-1. The maximum absolute atomic E-state index is 10.3. The molecule has 2 rings (SSSR count). The number of pyridine rings is 1. The number of oxazole rings is 1. The van der Waals surface area contributed by atoms with Crippen LogP contribution in [-0.4, -0.2) is 24.5 Å². The lowest BCUT2D eigenvalue weighted by Gasteiger charge is -1.99. The van der Waals surface area contributed by atoms with E-state index >= 15 is 0 Å². The van der Waals surface area contributed by atoms with Gasteiger partial charge in [0.15, 0.2) is 5.89 Å². The third-order valence-corrected chi connectivity index (χ3v) is 2.23. The highest BCUT2D eigenvalue weighted by atomic mass is 32.2. The predicted octanol–water partition coefficient (Wildman–Crippen LogP) is 0.644. The van der Waals surface area contributed by atoms with Crippen molar-refractivity contribution in [2.75, 3.05) is 5.75 Å². The highest BCUT2D eigenvalue weighted by Gasteiger charge is 2.04. The molecule has 0 radical (unpaired) electrons. The SMILES string of the molecule is O=S([O-])CCc1nc2cccnc2o1. The molecule has 2 heterocycles. The van der Waals surface area contributed by atoms with Gasteiger partial charge in [0.25, 0.3) is 0 Å². The number of aryl methyl sites for hydroxylation is 1. The Kier molecular flexibility index (Phi) is 2.55. The van der Waals surface area contributed by atoms with E-state index in [1.165, 1.54) is 0 Å². The van der Waals surface area contributed by atoms with Crippen molar-refractivity contribution in [3.8, 4) is 0 Å². The second kappa shape index (κ2) is 3.85. The van der Waals surface area contributed by atoms with Crippen LogP contribution in [0, 0.1) is 0 Å². The van der Waals surface area contributed by atoms with Crippen molar-refractivity contribution in [2.45, 2.75) is 6.42 Å². The van der Waals surface area contributed by atoms with Crippen LogP contribution < -0.4 is 0 Å². The lowest BCUT2D eigenvalue weighted by molar-refractivity contribution is 0.513. The highest BCUT2D eigenvalue weighted by Crippen LogP contribution is 2.12. The first-order valence-electron chi connectivity index (χ1n) is 4.02. The van der Waals surface area contributed by atoms with Gasteiger partial charge in [-0.1, -0.05) is 11.1 Å². The van der Waals surface area contributed by atoms with Crippen LogP contribution in [-0.2, 0) is 17.5 Å². The van der Waals surface area contributed by atoms with Gasteiger partial charge < -0.3 is 8.97 Å². The summed E-state index contributed by atoms with van der Waals surface area (Å²) in [6.07, 6.45) is 1.88. The topological polar surface area (TPSA) is 79.0 Å². The lowest BCUT2D eigenvalue weighted by atomic mass is 10.4. The van der Waals surface area contributed by atoms with Crippen LogP contribution in [0.25, 0.3) is 11.2 Å². The minimum absolute atomic E-state index is 0.0207. The zero-order chi connectivity index (χ0) is 9.97. The Hall–Kier alpha value is -1.27. The fourth-order valence-electron chi connectivity index (χ4n) is 1.09. The van der Waals surface area contributed by atoms with Gasteiger partial charge in [0.1, 0.15) is 5.52 Å². The number of aromatic nitrogens is 2. The van der Waals surface area contributed by atoms with Crippen LogP contribution in [0.4, 0.5) is 0 Å². The molecule has 0 aliphatic heterocycles. The predicted molar refractivity (Wildman–Crippen MR) is 49.3 cm³/mol. The molecule has 0 bridgehead atoms. The summed E-state index contributed by atoms with van der Waals surface area (Å²) in [5.41, 5.74) is 1.10. The maximum Gasteiger partial charge on any atom is 0.246 e. The maximum atomic E-state index is 10.3. The summed E-state index contributed by atoms with van der Waals surface area (Å²) in [4.78, 5) is 8.03. The van der Waals surface area contributed by atoms with Gasteiger partial charge in [-0.3, -0.25) is 4.21 Å². The first-order chi connectivity index (χ1) is 6.75. The molecular formula is C8H7N2O3S-. The van der Waals surface area contributed by atoms with Crippen LogP contribution in [0.3, 0.4) is 0 Å². The van der Waals surface area contributed by atoms with Crippen molar-refractivity contribution < 1.29 is 13.2 Å². The lowest BCUT2D eigenvalue weighted by Crippen LogP contribution is -1.99. The van der Waals surface area contributed by atoms with E-state index in [1.54, 1.807) is 18.3 Å². The molecule has 0 saturated heterocycles. The molecular weight excluding hydrogens is 204 g/mol. The summed E-state index contributed by atoms with van der Waals surface area (Å²) in [5, 5.41) is 0. The van der Waals surface area contributed by atoms with Gasteiger partial charge in [-0.15, -0.1) is 0 Å². The van der Waals surface area contributed by atoms with E-state index in [9.17, 15) is 8.76 Å². The van der Waals surface area contributed by atoms with E-state index in [0.29, 0.717) is 17.1 Å². The molecule has 1 unspecified atom stereocenters. The first-order valence-corrected chi connectivity index (χ1v) is 5.26. The first kappa shape index (κ1) is 9.29. The highest BCUT2D eigenvalue weighted by molar-refractivity contribution is 7.79. The molecule has 2 aromatic rings. The second-order valence-electron chi connectivity index (χ2n) is 2.69. The molecule has 0 saturated carbocycles. The molecule has 0 N–H and O–H groups in total. The van der Waals surface area contributed by atoms with E-state index in [-0.39, 0.29) is 12.2 Å². The molecule has 0 fully saturated rings. The van der Waals surface area contributed by atoms with Crippen molar-refractivity contribution in [1.82, 2.24) is 9.97 Å². The molecule has 74 valence electrons. The number of hydrogen-bond acceptors (Lipinski definition) is 5. The van der Waals surface area contributed by atoms with E-state index in [2.05, 4.69) is 9.97 Å². The van der Waals surface area contributed by atoms with Crippen molar-refractivity contribution >= 4 is 22.3 Å². The normalized spacial score (nSPS) is 13.2. The van der Waals surface area contributed by atoms with Gasteiger partial charge in [-0.2, -0.15) is 0 Å². The second-order valence-corrected chi connectivity index (χ2v) is 3.71. The number of nitrogens with zero attached hydrogens (tertiary/aromatic N) is 2. The summed E-state index contributed by atoms with van der Waals surface area (Å²) >= 11 is -2.06. The molecule has 6 heteroatoms. The van der Waals surface area contributed by atoms with E-state index in [4.69, 9.17) is 4.42 Å². The zero-order valence-corrected chi connectivity index (χ0v) is 7.99. The Morgan fingerprint density at radius 3 is 3.14 bits per heavy atom. The van der Waals surface area contributed by atoms with Gasteiger partial charge in [-0.05, 0) is 12.1 Å². The molecule has 0 aliphatic rings. The van der Waals surface area contributed by atoms with Crippen molar-refractivity contribution in [3.05, 3.63) is 24.2 Å². The van der Waals surface area contributed by atoms with Crippen LogP contribution in [0.2, 0.25) is 0 Å². The third-order valence-electron chi connectivity index (χ3n) is 1.69. The van der Waals surface area contributed by atoms with E-state index in [1.807, 2.05) is 0 Å². The van der Waals surface area contributed by atoms with Crippen LogP contribution >= 0.6 is 0 Å². The quantitative estimate of drug-likeness (QED) is 0.696. The molecule has 14 heavy (non-hydrogen) atoms. The Balaban J connectivity index is 2.22. The van der Waals surface area contributed by atoms with Gasteiger partial charge in [-0.25, -0.2) is 9.97 Å². The van der Waals surface area contributed by atoms with Crippen LogP contribution in [0.5, 0.6) is 0 Å². The average molecular weight is 211 g/mol. The third kappa shape index (κ3) is 1.97. The molecule has 2 aromatic heterocycles. The largest absolute Gasteiger partial charge is 0.772 e. The molecule has 0 spiro atoms. The Morgan fingerprint density at radius 2 is 2.43 bits per heavy atom. The summed E-state index contributed by atoms with van der Waals surface area (Å²) in [6, 6.07) is 3.52. The Bertz CT molecular complexity index is 435. The Morgan fingerprint density at radius 1 is 1.57 bits per heavy atom. The molecule has 0 aromatic carbocycles. The van der Waals surface area contributed by atoms with E-state index in [0.717, 1.165) is 0 Å².